The van der Waals surface area contributed by atoms with E-state index in [4.69, 9.17) is 0 Å². The summed E-state index contributed by atoms with van der Waals surface area (Å²) < 4.78 is 0. The standard InChI is InChI=1S/C23H36N4O/c1-25(17-19-5-7-21(8-6-19)26-13-3-2-4-14-26)18-23(28)24-20-11-15-27(16-12-20)22-9-10-22/h5-8,20,22H,2-4,9-18H2,1H3,(H,24,28). The summed E-state index contributed by atoms with van der Waals surface area (Å²) >= 11 is 0. The Bertz CT molecular complexity index is 629. The third-order valence-electron chi connectivity index (χ3n) is 6.48. The van der Waals surface area contributed by atoms with Crippen molar-refractivity contribution in [3.05, 3.63) is 29.8 Å². The molecule has 3 aliphatic rings. The highest BCUT2D eigenvalue weighted by Crippen LogP contribution is 2.29. The highest BCUT2D eigenvalue weighted by Gasteiger charge is 2.32. The third kappa shape index (κ3) is 5.48. The molecule has 154 valence electrons. The number of hydrogen-bond donors (Lipinski definition) is 1. The predicted octanol–water partition coefficient (Wildman–Crippen LogP) is 2.85. The second kappa shape index (κ2) is 9.27. The Morgan fingerprint density at radius 1 is 1.00 bits per heavy atom. The minimum absolute atomic E-state index is 0.164. The number of amides is 1. The zero-order valence-electron chi connectivity index (χ0n) is 17.4. The minimum Gasteiger partial charge on any atom is -0.372 e. The smallest absolute Gasteiger partial charge is 0.234 e. The summed E-state index contributed by atoms with van der Waals surface area (Å²) in [5.41, 5.74) is 2.61. The molecule has 0 aromatic heterocycles. The van der Waals surface area contributed by atoms with E-state index in [2.05, 4.69) is 44.3 Å². The number of benzene rings is 1. The van der Waals surface area contributed by atoms with Crippen LogP contribution >= 0.6 is 0 Å². The number of carbonyl (C=O) groups is 1. The normalized spacial score (nSPS) is 21.9. The van der Waals surface area contributed by atoms with Crippen molar-refractivity contribution in [2.75, 3.05) is 44.7 Å². The summed E-state index contributed by atoms with van der Waals surface area (Å²) in [7, 11) is 2.04. The minimum atomic E-state index is 0.164. The molecule has 0 radical (unpaired) electrons. The average Bonchev–Trinajstić information content (AvgIpc) is 3.55. The maximum Gasteiger partial charge on any atom is 0.234 e. The SMILES string of the molecule is CN(CC(=O)NC1CCN(C2CC2)CC1)Cc1ccc(N2CCCCC2)cc1. The van der Waals surface area contributed by atoms with Gasteiger partial charge in [0.2, 0.25) is 5.91 Å². The molecule has 5 nitrogen and oxygen atoms in total. The van der Waals surface area contributed by atoms with Gasteiger partial charge in [0, 0.05) is 50.5 Å². The van der Waals surface area contributed by atoms with Crippen LogP contribution < -0.4 is 10.2 Å². The van der Waals surface area contributed by atoms with Gasteiger partial charge in [-0.15, -0.1) is 0 Å². The number of rotatable bonds is 7. The van der Waals surface area contributed by atoms with E-state index in [1.54, 1.807) is 0 Å². The Morgan fingerprint density at radius 2 is 1.68 bits per heavy atom. The number of carbonyl (C=O) groups excluding carboxylic acids is 1. The van der Waals surface area contributed by atoms with Gasteiger partial charge < -0.3 is 15.1 Å². The molecule has 0 bridgehead atoms. The van der Waals surface area contributed by atoms with Crippen LogP contribution in [0.1, 0.15) is 50.5 Å². The van der Waals surface area contributed by atoms with E-state index < -0.39 is 0 Å². The van der Waals surface area contributed by atoms with Gasteiger partial charge >= 0.3 is 0 Å². The highest BCUT2D eigenvalue weighted by atomic mass is 16.2. The van der Waals surface area contributed by atoms with Crippen LogP contribution in [0.3, 0.4) is 0 Å². The monoisotopic (exact) mass is 384 g/mol. The summed E-state index contributed by atoms with van der Waals surface area (Å²) in [6.07, 6.45) is 8.93. The average molecular weight is 385 g/mol. The fraction of sp³-hybridized carbons (Fsp3) is 0.696. The Balaban J connectivity index is 1.18. The number of likely N-dealkylation sites (N-methyl/N-ethyl adjacent to an activating group) is 1. The first-order valence-corrected chi connectivity index (χ1v) is 11.2. The van der Waals surface area contributed by atoms with E-state index in [9.17, 15) is 4.79 Å². The molecule has 28 heavy (non-hydrogen) atoms. The topological polar surface area (TPSA) is 38.8 Å². The number of hydrogen-bond acceptors (Lipinski definition) is 4. The lowest BCUT2D eigenvalue weighted by atomic mass is 10.0. The summed E-state index contributed by atoms with van der Waals surface area (Å²) in [6.45, 7) is 5.94. The molecule has 1 amide bonds. The van der Waals surface area contributed by atoms with Crippen LogP contribution in [0, 0.1) is 0 Å². The van der Waals surface area contributed by atoms with Crippen LogP contribution in [0.15, 0.2) is 24.3 Å². The van der Waals surface area contributed by atoms with E-state index in [1.807, 2.05) is 7.05 Å². The first kappa shape index (κ1) is 19.7. The predicted molar refractivity (Wildman–Crippen MR) is 115 cm³/mol. The van der Waals surface area contributed by atoms with Crippen molar-refractivity contribution >= 4 is 11.6 Å². The van der Waals surface area contributed by atoms with Crippen LogP contribution in [-0.4, -0.2) is 67.6 Å². The molecule has 1 N–H and O–H groups in total. The van der Waals surface area contributed by atoms with Gasteiger partial charge in [-0.25, -0.2) is 0 Å². The molecule has 2 heterocycles. The molecule has 0 atom stereocenters. The lowest BCUT2D eigenvalue weighted by molar-refractivity contribution is -0.123. The Kier molecular flexibility index (Phi) is 6.53. The van der Waals surface area contributed by atoms with Crippen LogP contribution in [0.2, 0.25) is 0 Å². The van der Waals surface area contributed by atoms with Gasteiger partial charge in [0.15, 0.2) is 0 Å². The van der Waals surface area contributed by atoms with Crippen molar-refractivity contribution in [1.29, 1.82) is 0 Å². The first-order chi connectivity index (χ1) is 13.7. The van der Waals surface area contributed by atoms with Gasteiger partial charge in [0.05, 0.1) is 6.54 Å². The molecular weight excluding hydrogens is 348 g/mol. The van der Waals surface area contributed by atoms with Crippen molar-refractivity contribution in [3.8, 4) is 0 Å². The number of nitrogens with one attached hydrogen (secondary N) is 1. The molecule has 1 aliphatic carbocycles. The van der Waals surface area contributed by atoms with Crippen LogP contribution in [0.4, 0.5) is 5.69 Å². The van der Waals surface area contributed by atoms with Crippen LogP contribution in [-0.2, 0) is 11.3 Å². The molecule has 1 aromatic carbocycles. The van der Waals surface area contributed by atoms with Crippen molar-refractivity contribution in [3.63, 3.8) is 0 Å². The maximum atomic E-state index is 12.4. The van der Waals surface area contributed by atoms with E-state index in [-0.39, 0.29) is 5.91 Å². The number of likely N-dealkylation sites (tertiary alicyclic amines) is 1. The van der Waals surface area contributed by atoms with E-state index >= 15 is 0 Å². The Labute approximate surface area is 170 Å². The molecule has 3 fully saturated rings. The van der Waals surface area contributed by atoms with Crippen LogP contribution in [0.5, 0.6) is 0 Å². The van der Waals surface area contributed by atoms with Crippen molar-refractivity contribution in [2.45, 2.75) is 63.6 Å². The summed E-state index contributed by atoms with van der Waals surface area (Å²) in [6, 6.07) is 10.1. The molecular formula is C23H36N4O. The van der Waals surface area contributed by atoms with Crippen LogP contribution in [0.25, 0.3) is 0 Å². The van der Waals surface area contributed by atoms with Gasteiger partial charge in [-0.2, -0.15) is 0 Å². The summed E-state index contributed by atoms with van der Waals surface area (Å²) in [4.78, 5) is 19.6. The molecule has 2 saturated heterocycles. The van der Waals surface area contributed by atoms with Gasteiger partial charge in [0.1, 0.15) is 0 Å². The Hall–Kier alpha value is -1.59. The van der Waals surface area contributed by atoms with E-state index in [0.717, 1.165) is 38.5 Å². The van der Waals surface area contributed by atoms with Gasteiger partial charge in [-0.3, -0.25) is 9.69 Å². The first-order valence-electron chi connectivity index (χ1n) is 11.2. The second-order valence-electron chi connectivity index (χ2n) is 9.00. The van der Waals surface area contributed by atoms with Gasteiger partial charge in [-0.05, 0) is 69.7 Å². The largest absolute Gasteiger partial charge is 0.372 e. The fourth-order valence-corrected chi connectivity index (χ4v) is 4.70. The maximum absolute atomic E-state index is 12.4. The number of piperidine rings is 2. The molecule has 4 rings (SSSR count). The van der Waals surface area contributed by atoms with Gasteiger partial charge in [-0.1, -0.05) is 12.1 Å². The number of nitrogens with zero attached hydrogens (tertiary/aromatic N) is 3. The lowest BCUT2D eigenvalue weighted by Crippen LogP contribution is -2.47. The van der Waals surface area contributed by atoms with E-state index in [1.165, 1.54) is 56.4 Å². The van der Waals surface area contributed by atoms with Crippen molar-refractivity contribution < 1.29 is 4.79 Å². The fourth-order valence-electron chi connectivity index (χ4n) is 4.70. The highest BCUT2D eigenvalue weighted by molar-refractivity contribution is 5.78. The lowest BCUT2D eigenvalue weighted by Gasteiger charge is -2.32. The number of anilines is 1. The van der Waals surface area contributed by atoms with Crippen molar-refractivity contribution in [1.82, 2.24) is 15.1 Å². The van der Waals surface area contributed by atoms with Gasteiger partial charge in [0.25, 0.3) is 0 Å². The molecule has 1 saturated carbocycles. The summed E-state index contributed by atoms with van der Waals surface area (Å²) in [5, 5.41) is 3.25. The quantitative estimate of drug-likeness (QED) is 0.785. The van der Waals surface area contributed by atoms with E-state index in [0.29, 0.717) is 12.6 Å². The molecule has 5 heteroatoms. The third-order valence-corrected chi connectivity index (χ3v) is 6.48. The second-order valence-corrected chi connectivity index (χ2v) is 9.00. The Morgan fingerprint density at radius 3 is 2.32 bits per heavy atom. The summed E-state index contributed by atoms with van der Waals surface area (Å²) in [5.74, 6) is 0.164. The molecule has 2 aliphatic heterocycles. The molecule has 1 aromatic rings. The molecule has 0 spiro atoms. The zero-order valence-corrected chi connectivity index (χ0v) is 17.4. The zero-order chi connectivity index (χ0) is 19.3. The molecule has 0 unspecified atom stereocenters. The van der Waals surface area contributed by atoms with Crippen molar-refractivity contribution in [2.24, 2.45) is 0 Å².